The highest BCUT2D eigenvalue weighted by Crippen LogP contribution is 2.13. The molecule has 154 valence electrons. The summed E-state index contributed by atoms with van der Waals surface area (Å²) in [5.74, 6) is 0.779. The molecule has 5 heteroatoms. The minimum Gasteiger partial charge on any atom is -0.466 e. The Morgan fingerprint density at radius 3 is 2.04 bits per heavy atom. The fourth-order valence-corrected chi connectivity index (χ4v) is 2.91. The van der Waals surface area contributed by atoms with E-state index >= 15 is 0 Å². The highest BCUT2D eigenvalue weighted by molar-refractivity contribution is 6.17. The summed E-state index contributed by atoms with van der Waals surface area (Å²) >= 11 is 5.63. The molecule has 0 saturated heterocycles. The van der Waals surface area contributed by atoms with Crippen molar-refractivity contribution in [3.8, 4) is 0 Å². The van der Waals surface area contributed by atoms with Gasteiger partial charge in [0, 0.05) is 18.7 Å². The van der Waals surface area contributed by atoms with Crippen molar-refractivity contribution in [3.05, 3.63) is 0 Å². The van der Waals surface area contributed by atoms with Crippen molar-refractivity contribution in [1.82, 2.24) is 0 Å². The predicted molar refractivity (Wildman–Crippen MR) is 107 cm³/mol. The fraction of sp³-hybridized carbons (Fsp3) is 0.905. The predicted octanol–water partition coefficient (Wildman–Crippen LogP) is 6.04. The van der Waals surface area contributed by atoms with Crippen molar-refractivity contribution < 1.29 is 19.1 Å². The van der Waals surface area contributed by atoms with Crippen LogP contribution in [0, 0.1) is 5.92 Å². The van der Waals surface area contributed by atoms with Gasteiger partial charge in [-0.2, -0.15) is 0 Å². The van der Waals surface area contributed by atoms with Crippen LogP contribution in [-0.4, -0.2) is 31.0 Å². The molecule has 0 fully saturated rings. The highest BCUT2D eigenvalue weighted by atomic mass is 35.5. The maximum atomic E-state index is 11.7. The number of carbonyl (C=O) groups excluding carboxylic acids is 2. The minimum absolute atomic E-state index is 0.204. The average molecular weight is 391 g/mol. The summed E-state index contributed by atoms with van der Waals surface area (Å²) < 4.78 is 10.5. The molecule has 0 amide bonds. The van der Waals surface area contributed by atoms with E-state index in [4.69, 9.17) is 21.1 Å². The molecule has 4 nitrogen and oxygen atoms in total. The number of rotatable bonds is 18. The first kappa shape index (κ1) is 25.2. The second-order valence-electron chi connectivity index (χ2n) is 6.98. The Balaban J connectivity index is 3.52. The summed E-state index contributed by atoms with van der Waals surface area (Å²) in [7, 11) is 0. The molecule has 0 spiro atoms. The number of halogens is 1. The number of carbonyl (C=O) groups is 2. The number of hydrogen-bond donors (Lipinski definition) is 0. The zero-order chi connectivity index (χ0) is 19.5. The maximum Gasteiger partial charge on any atom is 0.305 e. The van der Waals surface area contributed by atoms with Crippen LogP contribution >= 0.6 is 11.6 Å². The van der Waals surface area contributed by atoms with E-state index in [2.05, 4.69) is 13.8 Å². The molecule has 1 atom stereocenters. The Hall–Kier alpha value is -0.770. The summed E-state index contributed by atoms with van der Waals surface area (Å²) in [6.45, 7) is 5.28. The van der Waals surface area contributed by atoms with Gasteiger partial charge in [0.25, 0.3) is 0 Å². The van der Waals surface area contributed by atoms with Crippen molar-refractivity contribution in [2.45, 2.75) is 97.3 Å². The Kier molecular flexibility index (Phi) is 18.4. The van der Waals surface area contributed by atoms with Crippen LogP contribution in [0.15, 0.2) is 0 Å². The first-order valence-electron chi connectivity index (χ1n) is 10.5. The lowest BCUT2D eigenvalue weighted by atomic mass is 10.0. The molecular weight excluding hydrogens is 352 g/mol. The monoisotopic (exact) mass is 390 g/mol. The number of hydrogen-bond acceptors (Lipinski definition) is 4. The maximum absolute atomic E-state index is 11.7. The van der Waals surface area contributed by atoms with Crippen molar-refractivity contribution in [2.24, 2.45) is 5.92 Å². The fourth-order valence-electron chi connectivity index (χ4n) is 2.72. The van der Waals surface area contributed by atoms with Crippen LogP contribution < -0.4 is 0 Å². The van der Waals surface area contributed by atoms with Crippen molar-refractivity contribution in [3.63, 3.8) is 0 Å². The van der Waals surface area contributed by atoms with Crippen LogP contribution in [0.2, 0.25) is 0 Å². The van der Waals surface area contributed by atoms with E-state index < -0.39 is 0 Å². The molecule has 0 aliphatic heterocycles. The Labute approximate surface area is 165 Å². The topological polar surface area (TPSA) is 52.6 Å². The molecule has 0 N–H and O–H groups in total. The molecular formula is C21H39ClO4. The summed E-state index contributed by atoms with van der Waals surface area (Å²) in [6, 6.07) is 0. The molecule has 0 radical (unpaired) electrons. The van der Waals surface area contributed by atoms with E-state index in [1.54, 1.807) is 0 Å². The quantitative estimate of drug-likeness (QED) is 0.162. The third-order valence-electron chi connectivity index (χ3n) is 4.58. The van der Waals surface area contributed by atoms with Crippen molar-refractivity contribution >= 4 is 23.5 Å². The molecule has 26 heavy (non-hydrogen) atoms. The smallest absolute Gasteiger partial charge is 0.305 e. The summed E-state index contributed by atoms with van der Waals surface area (Å²) in [5.41, 5.74) is 0. The largest absolute Gasteiger partial charge is 0.466 e. The Morgan fingerprint density at radius 2 is 1.42 bits per heavy atom. The zero-order valence-corrected chi connectivity index (χ0v) is 17.7. The second kappa shape index (κ2) is 19.0. The SMILES string of the molecule is CCCCC(CC)COC(=O)CCCC(=O)OCCCCCCCCCl. The van der Waals surface area contributed by atoms with Gasteiger partial charge in [-0.1, -0.05) is 58.8 Å². The lowest BCUT2D eigenvalue weighted by Crippen LogP contribution is -2.14. The third-order valence-corrected chi connectivity index (χ3v) is 4.84. The van der Waals surface area contributed by atoms with Crippen LogP contribution in [0.5, 0.6) is 0 Å². The first-order valence-corrected chi connectivity index (χ1v) is 11.0. The van der Waals surface area contributed by atoms with Gasteiger partial charge in [-0.15, -0.1) is 11.6 Å². The molecule has 0 heterocycles. The van der Waals surface area contributed by atoms with Gasteiger partial charge in [-0.25, -0.2) is 0 Å². The molecule has 0 saturated carbocycles. The van der Waals surface area contributed by atoms with Crippen LogP contribution in [-0.2, 0) is 19.1 Å². The van der Waals surface area contributed by atoms with Crippen LogP contribution in [0.1, 0.15) is 97.3 Å². The molecule has 0 aliphatic carbocycles. The molecule has 0 aromatic carbocycles. The lowest BCUT2D eigenvalue weighted by molar-refractivity contribution is -0.146. The number of unbranched alkanes of at least 4 members (excludes halogenated alkanes) is 6. The van der Waals surface area contributed by atoms with Gasteiger partial charge in [0.1, 0.15) is 0 Å². The van der Waals surface area contributed by atoms with E-state index in [0.717, 1.165) is 44.4 Å². The summed E-state index contributed by atoms with van der Waals surface area (Å²) in [4.78, 5) is 23.4. The van der Waals surface area contributed by atoms with Gasteiger partial charge >= 0.3 is 11.9 Å². The van der Waals surface area contributed by atoms with E-state index in [9.17, 15) is 9.59 Å². The van der Waals surface area contributed by atoms with Crippen LogP contribution in [0.4, 0.5) is 0 Å². The molecule has 0 bridgehead atoms. The molecule has 0 aromatic rings. The Morgan fingerprint density at radius 1 is 0.808 bits per heavy atom. The third kappa shape index (κ3) is 16.7. The summed E-state index contributed by atoms with van der Waals surface area (Å²) in [5, 5.41) is 0. The average Bonchev–Trinajstić information content (AvgIpc) is 2.64. The molecule has 1 unspecified atom stereocenters. The van der Waals surface area contributed by atoms with Crippen molar-refractivity contribution in [2.75, 3.05) is 19.1 Å². The highest BCUT2D eigenvalue weighted by Gasteiger charge is 2.11. The standard InChI is InChI=1S/C21H39ClO4/c1-3-5-13-19(4-2)18-26-21(24)15-12-14-20(23)25-17-11-9-7-6-8-10-16-22/h19H,3-18H2,1-2H3. The second-order valence-corrected chi connectivity index (χ2v) is 7.36. The first-order chi connectivity index (χ1) is 12.6. The summed E-state index contributed by atoms with van der Waals surface area (Å²) in [6.07, 6.45) is 12.2. The van der Waals surface area contributed by atoms with Gasteiger partial charge in [-0.3, -0.25) is 9.59 Å². The van der Waals surface area contributed by atoms with Crippen molar-refractivity contribution in [1.29, 1.82) is 0 Å². The van der Waals surface area contributed by atoms with Gasteiger partial charge in [0.2, 0.25) is 0 Å². The van der Waals surface area contributed by atoms with Gasteiger partial charge < -0.3 is 9.47 Å². The molecule has 0 aromatic heterocycles. The number of alkyl halides is 1. The Bertz CT molecular complexity index is 347. The minimum atomic E-state index is -0.214. The van der Waals surface area contributed by atoms with Crippen LogP contribution in [0.3, 0.4) is 0 Å². The number of esters is 2. The van der Waals surface area contributed by atoms with Gasteiger partial charge in [-0.05, 0) is 31.6 Å². The van der Waals surface area contributed by atoms with Gasteiger partial charge in [0.05, 0.1) is 13.2 Å². The molecule has 0 rings (SSSR count). The van der Waals surface area contributed by atoms with E-state index in [0.29, 0.717) is 32.0 Å². The van der Waals surface area contributed by atoms with E-state index in [1.165, 1.54) is 25.7 Å². The lowest BCUT2D eigenvalue weighted by Gasteiger charge is -2.14. The van der Waals surface area contributed by atoms with E-state index in [-0.39, 0.29) is 18.4 Å². The number of ether oxygens (including phenoxy) is 2. The van der Waals surface area contributed by atoms with Gasteiger partial charge in [0.15, 0.2) is 0 Å². The zero-order valence-electron chi connectivity index (χ0n) is 16.9. The van der Waals surface area contributed by atoms with Crippen LogP contribution in [0.25, 0.3) is 0 Å². The van der Waals surface area contributed by atoms with E-state index in [1.807, 2.05) is 0 Å². The normalized spacial score (nSPS) is 12.0. The molecule has 0 aliphatic rings.